The summed E-state index contributed by atoms with van der Waals surface area (Å²) in [6, 6.07) is 1.98. The van der Waals surface area contributed by atoms with Crippen molar-refractivity contribution in [1.29, 1.82) is 5.26 Å². The molecule has 1 heterocycles. The summed E-state index contributed by atoms with van der Waals surface area (Å²) in [5, 5.41) is 8.43. The van der Waals surface area contributed by atoms with Gasteiger partial charge < -0.3 is 4.90 Å². The van der Waals surface area contributed by atoms with Crippen LogP contribution in [0.15, 0.2) is 17.2 Å². The molecular weight excluding hydrogens is 232 g/mol. The molecule has 0 aliphatic heterocycles. The van der Waals surface area contributed by atoms with E-state index in [9.17, 15) is 9.59 Å². The van der Waals surface area contributed by atoms with Gasteiger partial charge >= 0.3 is 5.69 Å². The summed E-state index contributed by atoms with van der Waals surface area (Å²) in [5.41, 5.74) is 0.521. The fourth-order valence-electron chi connectivity index (χ4n) is 1.48. The molecule has 0 saturated carbocycles. The molecule has 0 atom stereocenters. The van der Waals surface area contributed by atoms with Gasteiger partial charge in [0.2, 0.25) is 5.91 Å². The van der Waals surface area contributed by atoms with Crippen molar-refractivity contribution < 1.29 is 4.79 Å². The van der Waals surface area contributed by atoms with E-state index in [0.717, 1.165) is 5.56 Å². The summed E-state index contributed by atoms with van der Waals surface area (Å²) < 4.78 is 1.42. The topological polar surface area (TPSA) is 79.0 Å². The van der Waals surface area contributed by atoms with E-state index in [1.165, 1.54) is 15.7 Å². The van der Waals surface area contributed by atoms with Gasteiger partial charge in [-0.2, -0.15) is 5.26 Å². The number of aromatic nitrogens is 2. The molecule has 0 radical (unpaired) electrons. The second-order valence-electron chi connectivity index (χ2n) is 4.08. The summed E-state index contributed by atoms with van der Waals surface area (Å²) in [5.74, 6) is -0.0846. The van der Waals surface area contributed by atoms with Crippen molar-refractivity contribution in [3.8, 4) is 6.07 Å². The number of hydrogen-bond donors (Lipinski definition) is 0. The van der Waals surface area contributed by atoms with Gasteiger partial charge in [-0.1, -0.05) is 0 Å². The number of nitrogens with zero attached hydrogens (tertiary/aromatic N) is 4. The molecule has 0 fully saturated rings. The van der Waals surface area contributed by atoms with Crippen LogP contribution in [0.2, 0.25) is 0 Å². The molecule has 18 heavy (non-hydrogen) atoms. The molecule has 0 aromatic carbocycles. The van der Waals surface area contributed by atoms with Crippen molar-refractivity contribution in [1.82, 2.24) is 14.5 Å². The summed E-state index contributed by atoms with van der Waals surface area (Å²) in [7, 11) is 1.65. The van der Waals surface area contributed by atoms with E-state index < -0.39 is 0 Å². The van der Waals surface area contributed by atoms with Gasteiger partial charge in [0.1, 0.15) is 0 Å². The van der Waals surface area contributed by atoms with Crippen LogP contribution in [0.3, 0.4) is 0 Å². The summed E-state index contributed by atoms with van der Waals surface area (Å²) in [4.78, 5) is 28.3. The molecule has 0 aliphatic rings. The molecule has 1 aromatic rings. The number of rotatable bonds is 5. The van der Waals surface area contributed by atoms with Gasteiger partial charge in [-0.15, -0.1) is 0 Å². The first kappa shape index (κ1) is 13.9. The number of nitriles is 1. The van der Waals surface area contributed by atoms with E-state index >= 15 is 0 Å². The highest BCUT2D eigenvalue weighted by atomic mass is 16.2. The van der Waals surface area contributed by atoms with Crippen LogP contribution in [0.4, 0.5) is 0 Å². The quantitative estimate of drug-likeness (QED) is 0.751. The zero-order valence-corrected chi connectivity index (χ0v) is 10.6. The van der Waals surface area contributed by atoms with Crippen LogP contribution < -0.4 is 5.69 Å². The molecular formula is C12H16N4O2. The largest absolute Gasteiger partial charge is 0.347 e. The summed E-state index contributed by atoms with van der Waals surface area (Å²) in [6.07, 6.45) is 3.72. The number of aryl methyl sites for hydroxylation is 2. The van der Waals surface area contributed by atoms with Crippen LogP contribution in [-0.4, -0.2) is 34.0 Å². The first-order valence-electron chi connectivity index (χ1n) is 5.68. The lowest BCUT2D eigenvalue weighted by atomic mass is 10.3. The minimum Gasteiger partial charge on any atom is -0.345 e. The van der Waals surface area contributed by atoms with Crippen LogP contribution in [0, 0.1) is 18.3 Å². The van der Waals surface area contributed by atoms with Gasteiger partial charge in [-0.3, -0.25) is 9.36 Å². The van der Waals surface area contributed by atoms with Crippen LogP contribution in [-0.2, 0) is 11.3 Å². The SMILES string of the molecule is Cc1cnc(=O)n(CCC(=O)N(C)CCC#N)c1. The fraction of sp³-hybridized carbons (Fsp3) is 0.500. The van der Waals surface area contributed by atoms with E-state index in [1.54, 1.807) is 13.2 Å². The van der Waals surface area contributed by atoms with Crippen LogP contribution >= 0.6 is 0 Å². The first-order chi connectivity index (χ1) is 8.54. The van der Waals surface area contributed by atoms with Gasteiger partial charge in [0.05, 0.1) is 12.5 Å². The highest BCUT2D eigenvalue weighted by molar-refractivity contribution is 5.75. The molecule has 1 rings (SSSR count). The monoisotopic (exact) mass is 248 g/mol. The van der Waals surface area contributed by atoms with Crippen LogP contribution in [0.1, 0.15) is 18.4 Å². The molecule has 6 nitrogen and oxygen atoms in total. The van der Waals surface area contributed by atoms with E-state index in [4.69, 9.17) is 5.26 Å². The van der Waals surface area contributed by atoms with Crippen LogP contribution in [0.25, 0.3) is 0 Å². The van der Waals surface area contributed by atoms with Crippen molar-refractivity contribution in [2.24, 2.45) is 0 Å². The highest BCUT2D eigenvalue weighted by Crippen LogP contribution is 1.96. The third-order valence-corrected chi connectivity index (χ3v) is 2.54. The summed E-state index contributed by atoms with van der Waals surface area (Å²) in [6.45, 7) is 2.56. The number of carbonyl (C=O) groups excluding carboxylic acids is 1. The molecule has 0 spiro atoms. The minimum absolute atomic E-state index is 0.0846. The molecule has 96 valence electrons. The van der Waals surface area contributed by atoms with Gasteiger partial charge in [0.25, 0.3) is 0 Å². The third kappa shape index (κ3) is 4.01. The third-order valence-electron chi connectivity index (χ3n) is 2.54. The maximum absolute atomic E-state index is 11.7. The smallest absolute Gasteiger partial charge is 0.345 e. The molecule has 0 saturated heterocycles. The lowest BCUT2D eigenvalue weighted by Crippen LogP contribution is -2.30. The molecule has 6 heteroatoms. The average Bonchev–Trinajstić information content (AvgIpc) is 2.36. The van der Waals surface area contributed by atoms with Gasteiger partial charge in [0, 0.05) is 39.0 Å². The number of amides is 1. The minimum atomic E-state index is -0.354. The maximum Gasteiger partial charge on any atom is 0.347 e. The fourth-order valence-corrected chi connectivity index (χ4v) is 1.48. The Kier molecular flexibility index (Phi) is 5.06. The predicted molar refractivity (Wildman–Crippen MR) is 65.7 cm³/mol. The van der Waals surface area contributed by atoms with Gasteiger partial charge in [-0.25, -0.2) is 9.78 Å². The highest BCUT2D eigenvalue weighted by Gasteiger charge is 2.08. The normalized spacial score (nSPS) is 9.83. The molecule has 1 amide bonds. The Balaban J connectivity index is 2.55. The first-order valence-corrected chi connectivity index (χ1v) is 5.68. The second-order valence-corrected chi connectivity index (χ2v) is 4.08. The second kappa shape index (κ2) is 6.55. The molecule has 0 bridgehead atoms. The molecule has 0 unspecified atom stereocenters. The Hall–Kier alpha value is -2.16. The van der Waals surface area contributed by atoms with E-state index in [0.29, 0.717) is 19.5 Å². The van der Waals surface area contributed by atoms with Gasteiger partial charge in [-0.05, 0) is 12.5 Å². The Morgan fingerprint density at radius 2 is 2.33 bits per heavy atom. The Morgan fingerprint density at radius 3 is 3.00 bits per heavy atom. The Bertz CT molecular complexity index is 516. The molecule has 0 aliphatic carbocycles. The Morgan fingerprint density at radius 1 is 1.61 bits per heavy atom. The van der Waals surface area contributed by atoms with E-state index in [2.05, 4.69) is 4.98 Å². The number of carbonyl (C=O) groups is 1. The summed E-state index contributed by atoms with van der Waals surface area (Å²) >= 11 is 0. The lowest BCUT2D eigenvalue weighted by Gasteiger charge is -2.15. The molecule has 1 aromatic heterocycles. The van der Waals surface area contributed by atoms with Crippen molar-refractivity contribution in [3.05, 3.63) is 28.4 Å². The van der Waals surface area contributed by atoms with E-state index in [1.807, 2.05) is 13.0 Å². The zero-order chi connectivity index (χ0) is 13.5. The van der Waals surface area contributed by atoms with Crippen molar-refractivity contribution >= 4 is 5.91 Å². The average molecular weight is 248 g/mol. The van der Waals surface area contributed by atoms with Crippen LogP contribution in [0.5, 0.6) is 0 Å². The molecule has 0 N–H and O–H groups in total. The lowest BCUT2D eigenvalue weighted by molar-refractivity contribution is -0.130. The predicted octanol–water partition coefficient (Wildman–Crippen LogP) is 0.314. The zero-order valence-electron chi connectivity index (χ0n) is 10.6. The van der Waals surface area contributed by atoms with Crippen molar-refractivity contribution in [2.75, 3.05) is 13.6 Å². The van der Waals surface area contributed by atoms with E-state index in [-0.39, 0.29) is 18.0 Å². The van der Waals surface area contributed by atoms with Gasteiger partial charge in [0.15, 0.2) is 0 Å². The van der Waals surface area contributed by atoms with Crippen molar-refractivity contribution in [3.63, 3.8) is 0 Å². The van der Waals surface area contributed by atoms with Crippen molar-refractivity contribution in [2.45, 2.75) is 26.3 Å². The Labute approximate surface area is 105 Å². The standard InChI is InChI=1S/C12H16N4O2/c1-10-8-14-12(18)16(9-10)7-4-11(17)15(2)6-3-5-13/h8-9H,3-4,6-7H2,1-2H3. The maximum atomic E-state index is 11.7. The number of hydrogen-bond acceptors (Lipinski definition) is 4.